The second-order valence-electron chi connectivity index (χ2n) is 6.70. The molecule has 0 atom stereocenters. The Hall–Kier alpha value is -3.06. The largest absolute Gasteiger partial charge is 0.416 e. The Bertz CT molecular complexity index is 1130. The van der Waals surface area contributed by atoms with E-state index in [0.29, 0.717) is 17.4 Å². The Morgan fingerprint density at radius 3 is 2.41 bits per heavy atom. The number of hydrogen-bond acceptors (Lipinski definition) is 2. The molecule has 3 heterocycles. The van der Waals surface area contributed by atoms with E-state index in [1.54, 1.807) is 29.4 Å². The molecule has 0 aliphatic carbocycles. The minimum Gasteiger partial charge on any atom is -0.347 e. The van der Waals surface area contributed by atoms with E-state index >= 15 is 0 Å². The van der Waals surface area contributed by atoms with Crippen LogP contribution in [0.3, 0.4) is 0 Å². The van der Waals surface area contributed by atoms with Crippen molar-refractivity contribution in [3.8, 4) is 16.9 Å². The predicted octanol–water partition coefficient (Wildman–Crippen LogP) is 5.76. The third-order valence-electron chi connectivity index (χ3n) is 4.63. The molecule has 1 aromatic carbocycles. The van der Waals surface area contributed by atoms with Gasteiger partial charge in [-0.2, -0.15) is 13.2 Å². The van der Waals surface area contributed by atoms with Crippen LogP contribution in [0, 0.1) is 6.92 Å². The summed E-state index contributed by atoms with van der Waals surface area (Å²) >= 11 is 5.83. The molecule has 29 heavy (non-hydrogen) atoms. The summed E-state index contributed by atoms with van der Waals surface area (Å²) in [7, 11) is 0. The molecule has 4 aromatic rings. The van der Waals surface area contributed by atoms with Gasteiger partial charge in [-0.05, 0) is 48.9 Å². The molecule has 3 aromatic heterocycles. The summed E-state index contributed by atoms with van der Waals surface area (Å²) in [6.45, 7) is 2.65. The number of hydrogen-bond donors (Lipinski definition) is 0. The van der Waals surface area contributed by atoms with Gasteiger partial charge in [0.25, 0.3) is 0 Å². The van der Waals surface area contributed by atoms with E-state index in [4.69, 9.17) is 11.6 Å². The fourth-order valence-electron chi connectivity index (χ4n) is 3.06. The van der Waals surface area contributed by atoms with Gasteiger partial charge in [0.05, 0.1) is 17.6 Å². The summed E-state index contributed by atoms with van der Waals surface area (Å²) in [5.74, 6) is 0. The smallest absolute Gasteiger partial charge is 0.347 e. The molecule has 0 N–H and O–H groups in total. The van der Waals surface area contributed by atoms with Crippen LogP contribution in [-0.2, 0) is 12.7 Å². The van der Waals surface area contributed by atoms with Crippen LogP contribution in [0.25, 0.3) is 16.9 Å². The summed E-state index contributed by atoms with van der Waals surface area (Å²) in [5, 5.41) is 0.451. The Balaban J connectivity index is 1.56. The monoisotopic (exact) mass is 416 g/mol. The van der Waals surface area contributed by atoms with E-state index in [-0.39, 0.29) is 0 Å². The third kappa shape index (κ3) is 4.19. The molecule has 0 spiro atoms. The van der Waals surface area contributed by atoms with E-state index in [2.05, 4.69) is 14.5 Å². The number of alkyl halides is 3. The van der Waals surface area contributed by atoms with Gasteiger partial charge in [0.15, 0.2) is 0 Å². The van der Waals surface area contributed by atoms with Gasteiger partial charge < -0.3 is 9.13 Å². The van der Waals surface area contributed by atoms with Crippen molar-refractivity contribution in [1.82, 2.24) is 19.1 Å². The number of imidazole rings is 1. The molecule has 8 heteroatoms. The molecule has 0 saturated carbocycles. The van der Waals surface area contributed by atoms with Crippen molar-refractivity contribution in [1.29, 1.82) is 0 Å². The maximum Gasteiger partial charge on any atom is 0.416 e. The molecular weight excluding hydrogens is 401 g/mol. The fraction of sp³-hybridized carbons (Fsp3) is 0.143. The number of benzene rings is 1. The van der Waals surface area contributed by atoms with Crippen molar-refractivity contribution in [2.24, 2.45) is 0 Å². The van der Waals surface area contributed by atoms with Crippen LogP contribution in [0.15, 0.2) is 67.4 Å². The number of aromatic nitrogens is 4. The predicted molar refractivity (Wildman–Crippen MR) is 105 cm³/mol. The van der Waals surface area contributed by atoms with E-state index in [1.807, 2.05) is 25.3 Å². The van der Waals surface area contributed by atoms with Crippen molar-refractivity contribution >= 4 is 11.6 Å². The first-order valence-electron chi connectivity index (χ1n) is 8.79. The lowest BCUT2D eigenvalue weighted by atomic mass is 10.2. The van der Waals surface area contributed by atoms with Crippen LogP contribution >= 0.6 is 11.6 Å². The second-order valence-corrected chi connectivity index (χ2v) is 7.09. The molecule has 148 valence electrons. The number of aryl methyl sites for hydroxylation is 1. The molecule has 0 amide bonds. The minimum atomic E-state index is -4.35. The molecule has 0 aliphatic heterocycles. The molecule has 4 rings (SSSR count). The number of rotatable bonds is 4. The quantitative estimate of drug-likeness (QED) is 0.396. The Kier molecular flexibility index (Phi) is 4.92. The first-order valence-corrected chi connectivity index (χ1v) is 9.16. The standard InChI is InChI=1S/C21H16ClF3N4/c1-14-8-16(11-28(14)10-15-2-7-20(22)26-9-15)19-12-29(13-27-19)18-5-3-17(4-6-18)21(23,24)25/h2-9,11-13H,10H2,1H3. The summed E-state index contributed by atoms with van der Waals surface area (Å²) in [4.78, 5) is 8.50. The zero-order valence-corrected chi connectivity index (χ0v) is 16.1. The van der Waals surface area contributed by atoms with Gasteiger partial charge >= 0.3 is 6.18 Å². The molecule has 0 fully saturated rings. The van der Waals surface area contributed by atoms with Gasteiger partial charge in [0.2, 0.25) is 0 Å². The van der Waals surface area contributed by atoms with Crippen molar-refractivity contribution in [2.75, 3.05) is 0 Å². The van der Waals surface area contributed by atoms with E-state index < -0.39 is 11.7 Å². The second kappa shape index (κ2) is 7.40. The topological polar surface area (TPSA) is 35.6 Å². The van der Waals surface area contributed by atoms with Gasteiger partial charge in [-0.3, -0.25) is 0 Å². The van der Waals surface area contributed by atoms with Crippen LogP contribution < -0.4 is 0 Å². The Labute approximate surface area is 170 Å². The highest BCUT2D eigenvalue weighted by molar-refractivity contribution is 6.29. The van der Waals surface area contributed by atoms with E-state index in [1.165, 1.54) is 12.1 Å². The maximum absolute atomic E-state index is 12.7. The number of halogens is 4. The Morgan fingerprint density at radius 1 is 1.00 bits per heavy atom. The fourth-order valence-corrected chi connectivity index (χ4v) is 3.17. The molecule has 4 nitrogen and oxygen atoms in total. The third-order valence-corrected chi connectivity index (χ3v) is 4.85. The maximum atomic E-state index is 12.7. The molecule has 0 aliphatic rings. The van der Waals surface area contributed by atoms with Crippen molar-refractivity contribution < 1.29 is 13.2 Å². The molecule has 0 radical (unpaired) electrons. The van der Waals surface area contributed by atoms with Gasteiger partial charge in [0.1, 0.15) is 5.15 Å². The SMILES string of the molecule is Cc1cc(-c2cn(-c3ccc(C(F)(F)F)cc3)cn2)cn1Cc1ccc(Cl)nc1. The highest BCUT2D eigenvalue weighted by Crippen LogP contribution is 2.30. The normalized spacial score (nSPS) is 11.8. The zero-order chi connectivity index (χ0) is 20.6. The molecule has 0 bridgehead atoms. The van der Waals surface area contributed by atoms with Crippen LogP contribution in [0.5, 0.6) is 0 Å². The minimum absolute atomic E-state index is 0.451. The van der Waals surface area contributed by atoms with Crippen molar-refractivity contribution in [3.05, 3.63) is 89.4 Å². The molecular formula is C21H16ClF3N4. The van der Waals surface area contributed by atoms with Crippen molar-refractivity contribution in [2.45, 2.75) is 19.6 Å². The highest BCUT2D eigenvalue weighted by atomic mass is 35.5. The average Bonchev–Trinajstić information content (AvgIpc) is 3.30. The van der Waals surface area contributed by atoms with Crippen LogP contribution in [0.4, 0.5) is 13.2 Å². The summed E-state index contributed by atoms with van der Waals surface area (Å²) in [6.07, 6.45) is 2.77. The summed E-state index contributed by atoms with van der Waals surface area (Å²) in [5.41, 5.74) is 3.68. The van der Waals surface area contributed by atoms with Gasteiger partial charge in [-0.1, -0.05) is 17.7 Å². The van der Waals surface area contributed by atoms with Crippen molar-refractivity contribution in [3.63, 3.8) is 0 Å². The highest BCUT2D eigenvalue weighted by Gasteiger charge is 2.30. The van der Waals surface area contributed by atoms with Gasteiger partial charge in [0, 0.05) is 42.1 Å². The van der Waals surface area contributed by atoms with Crippen LogP contribution in [0.2, 0.25) is 5.15 Å². The van der Waals surface area contributed by atoms with Gasteiger partial charge in [-0.15, -0.1) is 0 Å². The lowest BCUT2D eigenvalue weighted by Crippen LogP contribution is -2.04. The van der Waals surface area contributed by atoms with E-state index in [9.17, 15) is 13.2 Å². The van der Waals surface area contributed by atoms with Crippen LogP contribution in [-0.4, -0.2) is 19.1 Å². The van der Waals surface area contributed by atoms with Gasteiger partial charge in [-0.25, -0.2) is 9.97 Å². The zero-order valence-electron chi connectivity index (χ0n) is 15.4. The van der Waals surface area contributed by atoms with Crippen LogP contribution in [0.1, 0.15) is 16.8 Å². The summed E-state index contributed by atoms with van der Waals surface area (Å²) < 4.78 is 42.0. The number of nitrogens with zero attached hydrogens (tertiary/aromatic N) is 4. The lowest BCUT2D eigenvalue weighted by Gasteiger charge is -2.07. The Morgan fingerprint density at radius 2 is 1.76 bits per heavy atom. The number of pyridine rings is 1. The molecule has 0 unspecified atom stereocenters. The lowest BCUT2D eigenvalue weighted by molar-refractivity contribution is -0.137. The average molecular weight is 417 g/mol. The first-order chi connectivity index (χ1) is 13.8. The van der Waals surface area contributed by atoms with E-state index in [0.717, 1.165) is 34.6 Å². The molecule has 0 saturated heterocycles. The first kappa shape index (κ1) is 19.3. The summed E-state index contributed by atoms with van der Waals surface area (Å²) in [6, 6.07) is 10.7.